The Morgan fingerprint density at radius 3 is 2.73 bits per heavy atom. The van der Waals surface area contributed by atoms with E-state index in [1.807, 2.05) is 12.1 Å². The summed E-state index contributed by atoms with van der Waals surface area (Å²) in [6.07, 6.45) is 8.03. The molecule has 1 aliphatic heterocycles. The Balaban J connectivity index is 1.68. The minimum absolute atomic E-state index is 0.282. The van der Waals surface area contributed by atoms with Gasteiger partial charge < -0.3 is 14.8 Å². The van der Waals surface area contributed by atoms with Crippen molar-refractivity contribution in [2.24, 2.45) is 5.92 Å². The summed E-state index contributed by atoms with van der Waals surface area (Å²) in [6.45, 7) is 2.96. The number of allylic oxidation sites excluding steroid dienone is 2. The highest BCUT2D eigenvalue weighted by molar-refractivity contribution is 5.67. The zero-order valence-electron chi connectivity index (χ0n) is 15.6. The van der Waals surface area contributed by atoms with Gasteiger partial charge in [0, 0.05) is 5.92 Å². The first-order valence-electron chi connectivity index (χ1n) is 9.64. The molecule has 0 radical (unpaired) electrons. The van der Waals surface area contributed by atoms with E-state index >= 15 is 0 Å². The second-order valence-corrected chi connectivity index (χ2v) is 7.17. The predicted octanol–water partition coefficient (Wildman–Crippen LogP) is 5.70. The third kappa shape index (κ3) is 3.07. The monoisotopic (exact) mass is 349 g/mol. The van der Waals surface area contributed by atoms with Crippen molar-refractivity contribution in [3.05, 3.63) is 65.7 Å². The van der Waals surface area contributed by atoms with Crippen LogP contribution in [-0.4, -0.2) is 13.7 Å². The summed E-state index contributed by atoms with van der Waals surface area (Å²) >= 11 is 0. The maximum atomic E-state index is 6.11. The topological polar surface area (TPSA) is 30.5 Å². The molecule has 136 valence electrons. The molecule has 2 aromatic rings. The normalized spacial score (nSPS) is 23.1. The van der Waals surface area contributed by atoms with Gasteiger partial charge in [0.2, 0.25) is 0 Å². The second-order valence-electron chi connectivity index (χ2n) is 7.17. The summed E-state index contributed by atoms with van der Waals surface area (Å²) < 4.78 is 11.4. The molecule has 1 heterocycles. The van der Waals surface area contributed by atoms with Gasteiger partial charge in [-0.25, -0.2) is 0 Å². The van der Waals surface area contributed by atoms with Crippen LogP contribution in [0.15, 0.2) is 54.6 Å². The van der Waals surface area contributed by atoms with Crippen molar-refractivity contribution in [1.82, 2.24) is 0 Å². The summed E-state index contributed by atoms with van der Waals surface area (Å²) in [4.78, 5) is 0. The zero-order valence-corrected chi connectivity index (χ0v) is 15.6. The van der Waals surface area contributed by atoms with Crippen LogP contribution in [0.5, 0.6) is 11.5 Å². The van der Waals surface area contributed by atoms with Gasteiger partial charge in [0.25, 0.3) is 0 Å². The average molecular weight is 349 g/mol. The Morgan fingerprint density at radius 1 is 1.12 bits per heavy atom. The van der Waals surface area contributed by atoms with Crippen LogP contribution in [0.3, 0.4) is 0 Å². The molecule has 1 aliphatic carbocycles. The van der Waals surface area contributed by atoms with Gasteiger partial charge in [-0.05, 0) is 48.1 Å². The summed E-state index contributed by atoms with van der Waals surface area (Å²) in [5.74, 6) is 2.87. The van der Waals surface area contributed by atoms with E-state index in [0.29, 0.717) is 11.8 Å². The van der Waals surface area contributed by atoms with E-state index in [9.17, 15) is 0 Å². The fourth-order valence-electron chi connectivity index (χ4n) is 4.18. The Hall–Kier alpha value is -2.42. The van der Waals surface area contributed by atoms with Crippen molar-refractivity contribution in [2.45, 2.75) is 38.1 Å². The maximum Gasteiger partial charge on any atom is 0.142 e. The maximum absolute atomic E-state index is 6.11. The fourth-order valence-corrected chi connectivity index (χ4v) is 4.18. The quantitative estimate of drug-likeness (QED) is 0.536. The van der Waals surface area contributed by atoms with E-state index < -0.39 is 0 Å². The average Bonchev–Trinajstić information content (AvgIpc) is 3.18. The number of ether oxygens (including phenoxy) is 2. The number of hydrogen-bond acceptors (Lipinski definition) is 3. The lowest BCUT2D eigenvalue weighted by Gasteiger charge is -2.38. The van der Waals surface area contributed by atoms with E-state index in [2.05, 4.69) is 54.7 Å². The van der Waals surface area contributed by atoms with E-state index in [0.717, 1.165) is 43.1 Å². The van der Waals surface area contributed by atoms with Crippen LogP contribution in [0.2, 0.25) is 0 Å². The Morgan fingerprint density at radius 2 is 1.96 bits per heavy atom. The number of para-hydroxylation sites is 1. The summed E-state index contributed by atoms with van der Waals surface area (Å²) in [7, 11) is 1.71. The Kier molecular flexibility index (Phi) is 4.87. The Labute approximate surface area is 156 Å². The van der Waals surface area contributed by atoms with E-state index in [1.165, 1.54) is 11.1 Å². The number of unbranched alkanes of at least 4 members (excludes halogenated alkanes) is 1. The van der Waals surface area contributed by atoms with Gasteiger partial charge in [-0.1, -0.05) is 49.8 Å². The van der Waals surface area contributed by atoms with Crippen molar-refractivity contribution in [3.63, 3.8) is 0 Å². The van der Waals surface area contributed by atoms with Crippen LogP contribution >= 0.6 is 0 Å². The summed E-state index contributed by atoms with van der Waals surface area (Å²) in [6, 6.07) is 15.2. The molecule has 2 aliphatic rings. The molecule has 4 rings (SSSR count). The molecule has 1 N–H and O–H groups in total. The Bertz CT molecular complexity index is 781. The van der Waals surface area contributed by atoms with Crippen LogP contribution < -0.4 is 14.8 Å². The van der Waals surface area contributed by atoms with Crippen LogP contribution in [0.25, 0.3) is 0 Å². The van der Waals surface area contributed by atoms with Crippen molar-refractivity contribution in [1.29, 1.82) is 0 Å². The molecule has 0 aromatic heterocycles. The molecule has 3 atom stereocenters. The van der Waals surface area contributed by atoms with Crippen LogP contribution in [0, 0.1) is 5.92 Å². The van der Waals surface area contributed by atoms with Crippen LogP contribution in [-0.2, 0) is 0 Å². The molecular weight excluding hydrogens is 322 g/mol. The molecule has 2 aromatic carbocycles. The molecule has 0 spiro atoms. The zero-order chi connectivity index (χ0) is 17.9. The first-order chi connectivity index (χ1) is 12.8. The number of methoxy groups -OCH3 is 1. The first kappa shape index (κ1) is 17.0. The van der Waals surface area contributed by atoms with Gasteiger partial charge in [-0.2, -0.15) is 0 Å². The van der Waals surface area contributed by atoms with Crippen molar-refractivity contribution in [2.75, 3.05) is 19.0 Å². The molecule has 0 saturated heterocycles. The molecular formula is C23H27NO2. The van der Waals surface area contributed by atoms with Crippen LogP contribution in [0.1, 0.15) is 49.3 Å². The highest BCUT2D eigenvalue weighted by Crippen LogP contribution is 2.52. The smallest absolute Gasteiger partial charge is 0.142 e. The fraction of sp³-hybridized carbons (Fsp3) is 0.391. The molecule has 0 amide bonds. The van der Waals surface area contributed by atoms with Gasteiger partial charge in [0.15, 0.2) is 0 Å². The summed E-state index contributed by atoms with van der Waals surface area (Å²) in [5.41, 5.74) is 3.83. The molecule has 3 heteroatoms. The molecule has 0 fully saturated rings. The summed E-state index contributed by atoms with van der Waals surface area (Å²) in [5, 5.41) is 3.81. The lowest BCUT2D eigenvalue weighted by molar-refractivity contribution is 0.308. The first-order valence-corrected chi connectivity index (χ1v) is 9.64. The number of hydrogen-bond donors (Lipinski definition) is 1. The van der Waals surface area contributed by atoms with Gasteiger partial charge in [-0.15, -0.1) is 0 Å². The molecule has 3 unspecified atom stereocenters. The number of anilines is 1. The van der Waals surface area contributed by atoms with Crippen molar-refractivity contribution < 1.29 is 9.47 Å². The number of fused-ring (bicyclic) bond motifs is 3. The highest BCUT2D eigenvalue weighted by Gasteiger charge is 2.38. The van der Waals surface area contributed by atoms with Crippen molar-refractivity contribution >= 4 is 5.69 Å². The largest absolute Gasteiger partial charge is 0.497 e. The predicted molar refractivity (Wildman–Crippen MR) is 106 cm³/mol. The minimum Gasteiger partial charge on any atom is -0.497 e. The SMILES string of the molecule is CCCCOc1cccc2c1NC(c1ccc(OC)cc1)C1CC=CC21. The van der Waals surface area contributed by atoms with Gasteiger partial charge in [-0.3, -0.25) is 0 Å². The van der Waals surface area contributed by atoms with Gasteiger partial charge in [0.05, 0.1) is 25.4 Å². The third-order valence-corrected chi connectivity index (χ3v) is 5.59. The van der Waals surface area contributed by atoms with Gasteiger partial charge in [0.1, 0.15) is 11.5 Å². The third-order valence-electron chi connectivity index (χ3n) is 5.59. The van der Waals surface area contributed by atoms with Crippen LogP contribution in [0.4, 0.5) is 5.69 Å². The van der Waals surface area contributed by atoms with E-state index in [-0.39, 0.29) is 6.04 Å². The lowest BCUT2D eigenvalue weighted by atomic mass is 9.77. The molecule has 0 saturated carbocycles. The lowest BCUT2D eigenvalue weighted by Crippen LogP contribution is -2.29. The molecule has 26 heavy (non-hydrogen) atoms. The van der Waals surface area contributed by atoms with E-state index in [1.54, 1.807) is 7.11 Å². The molecule has 0 bridgehead atoms. The number of rotatable bonds is 6. The number of benzene rings is 2. The van der Waals surface area contributed by atoms with E-state index in [4.69, 9.17) is 9.47 Å². The highest BCUT2D eigenvalue weighted by atomic mass is 16.5. The minimum atomic E-state index is 0.282. The van der Waals surface area contributed by atoms with Gasteiger partial charge >= 0.3 is 0 Å². The number of nitrogens with one attached hydrogen (secondary N) is 1. The van der Waals surface area contributed by atoms with Crippen molar-refractivity contribution in [3.8, 4) is 11.5 Å². The standard InChI is InChI=1S/C23H27NO2/c1-3-4-15-26-21-10-6-9-20-18-7-5-8-19(18)22(24-23(20)21)16-11-13-17(25-2)14-12-16/h5-7,9-14,18-19,22,24H,3-4,8,15H2,1-2H3. The molecule has 3 nitrogen and oxygen atoms in total. The second kappa shape index (κ2) is 7.45.